The van der Waals surface area contributed by atoms with E-state index in [1.807, 2.05) is 36.4 Å². The van der Waals surface area contributed by atoms with E-state index in [4.69, 9.17) is 8.61 Å². The van der Waals surface area contributed by atoms with Crippen LogP contribution in [0.5, 0.6) is 0 Å². The highest BCUT2D eigenvalue weighted by Gasteiger charge is 2.50. The van der Waals surface area contributed by atoms with E-state index in [-0.39, 0.29) is 29.4 Å². The zero-order chi connectivity index (χ0) is 31.2. The van der Waals surface area contributed by atoms with Gasteiger partial charge in [-0.05, 0) is 46.4 Å². The van der Waals surface area contributed by atoms with Gasteiger partial charge in [0.05, 0.1) is 22.5 Å². The minimum atomic E-state index is -3.85. The Labute approximate surface area is 255 Å². The van der Waals surface area contributed by atoms with E-state index >= 15 is 0 Å². The standard InChI is InChI=1S/C32H46O6S2Si2/c1-32(2,3)42(30-19-13-9-14-20-30,31-21-15-10-16-22-31)37-24-23-27(38-39(4,33)34)25-29(26-41(5,6)7)40(35,36)28-17-11-8-12-18-28/h8-22,27,29H,23-26H2,1-7H3/t27-,29-/m0/s1. The molecular formula is C32H46O6S2Si2. The van der Waals surface area contributed by atoms with Crippen LogP contribution in [0.25, 0.3) is 0 Å². The molecule has 0 bridgehead atoms. The van der Waals surface area contributed by atoms with Crippen molar-refractivity contribution in [2.45, 2.75) is 80.6 Å². The Kier molecular flexibility index (Phi) is 11.2. The molecule has 6 nitrogen and oxygen atoms in total. The summed E-state index contributed by atoms with van der Waals surface area (Å²) < 4.78 is 65.0. The van der Waals surface area contributed by atoms with E-state index in [0.29, 0.717) is 6.04 Å². The van der Waals surface area contributed by atoms with Crippen molar-refractivity contribution >= 4 is 46.7 Å². The van der Waals surface area contributed by atoms with Crippen molar-refractivity contribution in [3.8, 4) is 0 Å². The van der Waals surface area contributed by atoms with Gasteiger partial charge in [0.25, 0.3) is 18.4 Å². The van der Waals surface area contributed by atoms with Gasteiger partial charge in [0.1, 0.15) is 0 Å². The zero-order valence-electron chi connectivity index (χ0n) is 25.9. The molecular weight excluding hydrogens is 601 g/mol. The lowest BCUT2D eigenvalue weighted by Crippen LogP contribution is -2.66. The quantitative estimate of drug-likeness (QED) is 0.161. The molecule has 42 heavy (non-hydrogen) atoms. The SMILES string of the molecule is CC(C)(C)[Si](OCC[C@@H](C[C@@H](C[Si](C)(C)C)S(=O)(=O)c1ccccc1)OS(C)(=O)=O)(c1ccccc1)c1ccccc1. The number of sulfone groups is 1. The summed E-state index contributed by atoms with van der Waals surface area (Å²) >= 11 is 0. The van der Waals surface area contributed by atoms with Gasteiger partial charge in [0.2, 0.25) is 0 Å². The van der Waals surface area contributed by atoms with Crippen molar-refractivity contribution in [2.75, 3.05) is 12.9 Å². The van der Waals surface area contributed by atoms with E-state index in [1.165, 1.54) is 0 Å². The van der Waals surface area contributed by atoms with E-state index in [2.05, 4.69) is 64.7 Å². The van der Waals surface area contributed by atoms with Crippen molar-refractivity contribution in [2.24, 2.45) is 0 Å². The fourth-order valence-corrected chi connectivity index (χ4v) is 16.2. The van der Waals surface area contributed by atoms with Crippen molar-refractivity contribution in [3.63, 3.8) is 0 Å². The molecule has 0 saturated carbocycles. The van der Waals surface area contributed by atoms with Crippen LogP contribution in [0.3, 0.4) is 0 Å². The van der Waals surface area contributed by atoms with Crippen LogP contribution in [0.15, 0.2) is 95.9 Å². The summed E-state index contributed by atoms with van der Waals surface area (Å²) in [5.41, 5.74) is 0. The molecule has 0 heterocycles. The number of hydrogen-bond donors (Lipinski definition) is 0. The fraction of sp³-hybridized carbons (Fsp3) is 0.438. The topological polar surface area (TPSA) is 86.7 Å². The van der Waals surface area contributed by atoms with Gasteiger partial charge >= 0.3 is 0 Å². The lowest BCUT2D eigenvalue weighted by atomic mass is 10.1. The van der Waals surface area contributed by atoms with Gasteiger partial charge in [-0.25, -0.2) is 8.42 Å². The molecule has 3 aromatic carbocycles. The maximum atomic E-state index is 13.8. The van der Waals surface area contributed by atoms with Gasteiger partial charge in [-0.2, -0.15) is 8.42 Å². The van der Waals surface area contributed by atoms with E-state index in [1.54, 1.807) is 30.3 Å². The number of hydrogen-bond acceptors (Lipinski definition) is 6. The zero-order valence-corrected chi connectivity index (χ0v) is 29.5. The minimum Gasteiger partial charge on any atom is -0.407 e. The van der Waals surface area contributed by atoms with E-state index < -0.39 is 47.7 Å². The van der Waals surface area contributed by atoms with Crippen LogP contribution in [0.2, 0.25) is 30.7 Å². The number of benzene rings is 3. The summed E-state index contributed by atoms with van der Waals surface area (Å²) in [6.07, 6.45) is 0.475. The first-order valence-electron chi connectivity index (χ1n) is 14.4. The Bertz CT molecular complexity index is 1440. The van der Waals surface area contributed by atoms with Gasteiger partial charge in [-0.15, -0.1) is 0 Å². The molecule has 0 aliphatic heterocycles. The van der Waals surface area contributed by atoms with Gasteiger partial charge < -0.3 is 4.43 Å². The lowest BCUT2D eigenvalue weighted by Gasteiger charge is -2.43. The van der Waals surface area contributed by atoms with Crippen LogP contribution in [0.1, 0.15) is 33.6 Å². The van der Waals surface area contributed by atoms with E-state index in [0.717, 1.165) is 16.6 Å². The van der Waals surface area contributed by atoms with Crippen molar-refractivity contribution < 1.29 is 25.4 Å². The van der Waals surface area contributed by atoms with Gasteiger partial charge in [-0.3, -0.25) is 4.18 Å². The van der Waals surface area contributed by atoms with Crippen molar-refractivity contribution in [3.05, 3.63) is 91.0 Å². The molecule has 2 atom stereocenters. The Balaban J connectivity index is 1.98. The molecule has 0 fully saturated rings. The van der Waals surface area contributed by atoms with Crippen molar-refractivity contribution in [1.82, 2.24) is 0 Å². The molecule has 230 valence electrons. The smallest absolute Gasteiger partial charge is 0.264 e. The molecule has 0 aromatic heterocycles. The van der Waals surface area contributed by atoms with Gasteiger partial charge in [-0.1, -0.05) is 119 Å². The van der Waals surface area contributed by atoms with Crippen LogP contribution in [-0.4, -0.2) is 57.4 Å². The molecule has 0 aliphatic carbocycles. The van der Waals surface area contributed by atoms with Crippen LogP contribution < -0.4 is 10.4 Å². The fourth-order valence-electron chi connectivity index (χ4n) is 5.66. The normalized spacial score (nSPS) is 14.8. The van der Waals surface area contributed by atoms with Crippen molar-refractivity contribution in [1.29, 1.82) is 0 Å². The van der Waals surface area contributed by atoms with E-state index in [9.17, 15) is 16.8 Å². The highest BCUT2D eigenvalue weighted by molar-refractivity contribution is 7.92. The molecule has 3 aromatic rings. The Morgan fingerprint density at radius 1 is 0.738 bits per heavy atom. The molecule has 0 unspecified atom stereocenters. The highest BCUT2D eigenvalue weighted by atomic mass is 32.2. The maximum Gasteiger partial charge on any atom is 0.264 e. The Morgan fingerprint density at radius 2 is 1.19 bits per heavy atom. The first-order valence-corrected chi connectivity index (χ1v) is 23.4. The maximum absolute atomic E-state index is 13.8. The summed E-state index contributed by atoms with van der Waals surface area (Å²) in [6.45, 7) is 13.1. The summed E-state index contributed by atoms with van der Waals surface area (Å²) in [5, 5.41) is 1.21. The second-order valence-corrected chi connectivity index (χ2v) is 26.9. The second-order valence-electron chi connectivity index (χ2n) is 13.2. The van der Waals surface area contributed by atoms with Crippen LogP contribution in [0, 0.1) is 0 Å². The van der Waals surface area contributed by atoms with Gasteiger partial charge in [0, 0.05) is 14.7 Å². The Hall–Kier alpha value is -2.09. The third kappa shape index (κ3) is 8.96. The lowest BCUT2D eigenvalue weighted by molar-refractivity contribution is 0.157. The average molecular weight is 647 g/mol. The van der Waals surface area contributed by atoms with Crippen LogP contribution in [0.4, 0.5) is 0 Å². The first kappa shape index (κ1) is 34.4. The third-order valence-corrected chi connectivity index (χ3v) is 17.2. The predicted molar refractivity (Wildman–Crippen MR) is 178 cm³/mol. The van der Waals surface area contributed by atoms with Gasteiger partial charge in [0.15, 0.2) is 9.84 Å². The average Bonchev–Trinajstić information content (AvgIpc) is 2.90. The molecule has 10 heteroatoms. The summed E-state index contributed by atoms with van der Waals surface area (Å²) in [4.78, 5) is 0.245. The summed E-state index contributed by atoms with van der Waals surface area (Å²) in [7, 11) is -12.3. The molecule has 0 N–H and O–H groups in total. The first-order chi connectivity index (χ1) is 19.5. The molecule has 0 spiro atoms. The summed E-state index contributed by atoms with van der Waals surface area (Å²) in [5.74, 6) is 0. The number of rotatable bonds is 14. The Morgan fingerprint density at radius 3 is 1.60 bits per heavy atom. The highest BCUT2D eigenvalue weighted by Crippen LogP contribution is 2.37. The largest absolute Gasteiger partial charge is 0.407 e. The molecule has 0 radical (unpaired) electrons. The monoisotopic (exact) mass is 646 g/mol. The van der Waals surface area contributed by atoms with Crippen LogP contribution >= 0.6 is 0 Å². The molecule has 0 amide bonds. The predicted octanol–water partition coefficient (Wildman–Crippen LogP) is 5.87. The minimum absolute atomic E-state index is 0.0681. The third-order valence-electron chi connectivity index (χ3n) is 7.36. The molecule has 3 rings (SSSR count). The summed E-state index contributed by atoms with van der Waals surface area (Å²) in [6, 6.07) is 29.3. The van der Waals surface area contributed by atoms with Crippen LogP contribution in [-0.2, 0) is 28.6 Å². The second kappa shape index (κ2) is 13.7. The molecule has 0 aliphatic rings. The molecule has 0 saturated heterocycles.